The largest absolute Gasteiger partial charge is 0.481 e. The second-order valence-electron chi connectivity index (χ2n) is 5.75. The zero-order valence-electron chi connectivity index (χ0n) is 12.5. The summed E-state index contributed by atoms with van der Waals surface area (Å²) in [6, 6.07) is 5.42. The number of fused-ring (bicyclic) bond motifs is 1. The van der Waals surface area contributed by atoms with Crippen LogP contribution in [0.25, 0.3) is 0 Å². The van der Waals surface area contributed by atoms with Gasteiger partial charge in [-0.1, -0.05) is 6.07 Å². The van der Waals surface area contributed by atoms with Gasteiger partial charge < -0.3 is 19.5 Å². The number of rotatable bonds is 3. The summed E-state index contributed by atoms with van der Waals surface area (Å²) < 4.78 is 10.7. The number of carboxylic acid groups (broad SMARTS) is 1. The molecule has 8 heteroatoms. The van der Waals surface area contributed by atoms with Crippen molar-refractivity contribution in [2.24, 2.45) is 5.92 Å². The van der Waals surface area contributed by atoms with Gasteiger partial charge in [0.1, 0.15) is 5.69 Å². The summed E-state index contributed by atoms with van der Waals surface area (Å²) in [5.41, 5.74) is 2.78. The molecule has 0 saturated carbocycles. The van der Waals surface area contributed by atoms with Crippen molar-refractivity contribution in [1.82, 2.24) is 9.88 Å². The van der Waals surface area contributed by atoms with E-state index in [9.17, 15) is 14.7 Å². The molecule has 2 aliphatic rings. The van der Waals surface area contributed by atoms with Gasteiger partial charge in [0.15, 0.2) is 11.5 Å². The van der Waals surface area contributed by atoms with Crippen molar-refractivity contribution in [3.8, 4) is 11.5 Å². The van der Waals surface area contributed by atoms with E-state index in [0.717, 1.165) is 5.56 Å². The predicted octanol–water partition coefficient (Wildman–Crippen LogP) is 1.81. The molecule has 24 heavy (non-hydrogen) atoms. The van der Waals surface area contributed by atoms with Crippen molar-refractivity contribution in [3.05, 3.63) is 40.3 Å². The van der Waals surface area contributed by atoms with Gasteiger partial charge in [0.25, 0.3) is 5.91 Å². The number of hydrogen-bond acceptors (Lipinski definition) is 6. The number of carbonyl (C=O) groups excluding carboxylic acids is 1. The molecule has 0 radical (unpaired) electrons. The van der Waals surface area contributed by atoms with E-state index in [1.165, 1.54) is 11.3 Å². The molecule has 0 unspecified atom stereocenters. The second kappa shape index (κ2) is 5.79. The molecule has 1 aromatic heterocycles. The van der Waals surface area contributed by atoms with E-state index in [4.69, 9.17) is 9.47 Å². The van der Waals surface area contributed by atoms with E-state index in [1.54, 1.807) is 27.9 Å². The van der Waals surface area contributed by atoms with Crippen LogP contribution >= 0.6 is 11.3 Å². The minimum absolute atomic E-state index is 0.167. The van der Waals surface area contributed by atoms with Gasteiger partial charge in [-0.15, -0.1) is 11.3 Å². The number of ether oxygens (including phenoxy) is 2. The lowest BCUT2D eigenvalue weighted by Crippen LogP contribution is -2.30. The first-order chi connectivity index (χ1) is 11.6. The molecule has 1 amide bonds. The maximum absolute atomic E-state index is 12.5. The average Bonchev–Trinajstić information content (AvgIpc) is 3.31. The van der Waals surface area contributed by atoms with Crippen LogP contribution in [0.1, 0.15) is 22.0 Å². The molecule has 3 heterocycles. The molecule has 4 rings (SSSR count). The van der Waals surface area contributed by atoms with E-state index in [0.29, 0.717) is 23.7 Å². The molecular formula is C16H14N2O5S. The Morgan fingerprint density at radius 3 is 2.83 bits per heavy atom. The lowest BCUT2D eigenvalue weighted by Gasteiger charge is -2.16. The highest BCUT2D eigenvalue weighted by Gasteiger charge is 2.41. The highest BCUT2D eigenvalue weighted by molar-refractivity contribution is 7.07. The third kappa shape index (κ3) is 2.48. The van der Waals surface area contributed by atoms with Crippen LogP contribution in [-0.2, 0) is 4.79 Å². The summed E-state index contributed by atoms with van der Waals surface area (Å²) in [6.45, 7) is 0.679. The molecule has 1 fully saturated rings. The second-order valence-corrected chi connectivity index (χ2v) is 6.47. The molecule has 2 atom stereocenters. The van der Waals surface area contributed by atoms with Gasteiger partial charge in [0.05, 0.1) is 11.4 Å². The Hall–Kier alpha value is -2.61. The highest BCUT2D eigenvalue weighted by Crippen LogP contribution is 2.39. The van der Waals surface area contributed by atoms with Crippen molar-refractivity contribution in [2.45, 2.75) is 5.92 Å². The van der Waals surface area contributed by atoms with Crippen molar-refractivity contribution in [1.29, 1.82) is 0 Å². The molecule has 2 aromatic rings. The summed E-state index contributed by atoms with van der Waals surface area (Å²) in [5.74, 6) is -0.829. The summed E-state index contributed by atoms with van der Waals surface area (Å²) in [4.78, 5) is 29.7. The van der Waals surface area contributed by atoms with Gasteiger partial charge in [-0.3, -0.25) is 9.59 Å². The fraction of sp³-hybridized carbons (Fsp3) is 0.312. The van der Waals surface area contributed by atoms with Crippen molar-refractivity contribution in [3.63, 3.8) is 0 Å². The summed E-state index contributed by atoms with van der Waals surface area (Å²) in [7, 11) is 0. The van der Waals surface area contributed by atoms with Gasteiger partial charge in [-0.25, -0.2) is 4.98 Å². The van der Waals surface area contributed by atoms with E-state index in [-0.39, 0.29) is 25.2 Å². The number of aliphatic carboxylic acids is 1. The Bertz CT molecular complexity index is 792. The van der Waals surface area contributed by atoms with Crippen LogP contribution in [0.2, 0.25) is 0 Å². The highest BCUT2D eigenvalue weighted by atomic mass is 32.1. The zero-order valence-corrected chi connectivity index (χ0v) is 13.4. The van der Waals surface area contributed by atoms with Crippen LogP contribution in [0, 0.1) is 5.92 Å². The summed E-state index contributed by atoms with van der Waals surface area (Å²) in [6.07, 6.45) is 0. The zero-order chi connectivity index (χ0) is 16.7. The van der Waals surface area contributed by atoms with Gasteiger partial charge in [0.2, 0.25) is 6.79 Å². The fourth-order valence-electron chi connectivity index (χ4n) is 3.18. The lowest BCUT2D eigenvalue weighted by atomic mass is 9.89. The van der Waals surface area contributed by atoms with E-state index in [2.05, 4.69) is 4.98 Å². The molecule has 0 bridgehead atoms. The van der Waals surface area contributed by atoms with Gasteiger partial charge in [-0.2, -0.15) is 0 Å². The van der Waals surface area contributed by atoms with Crippen LogP contribution in [-0.4, -0.2) is 46.7 Å². The lowest BCUT2D eigenvalue weighted by molar-refractivity contribution is -0.141. The molecule has 1 N–H and O–H groups in total. The Kier molecular flexibility index (Phi) is 3.61. The van der Waals surface area contributed by atoms with Crippen molar-refractivity contribution < 1.29 is 24.2 Å². The van der Waals surface area contributed by atoms with Crippen LogP contribution < -0.4 is 9.47 Å². The number of carbonyl (C=O) groups is 2. The molecule has 0 spiro atoms. The normalized spacial score (nSPS) is 21.9. The quantitative estimate of drug-likeness (QED) is 0.912. The molecule has 1 saturated heterocycles. The number of nitrogens with zero attached hydrogens (tertiary/aromatic N) is 2. The molecular weight excluding hydrogens is 332 g/mol. The maximum Gasteiger partial charge on any atom is 0.308 e. The molecule has 124 valence electrons. The molecule has 1 aromatic carbocycles. The SMILES string of the molecule is O=C(O)[C@@H]1CN(C(=O)c2cscn2)C[C@H]1c1ccc2c(c1)OCO2. The first-order valence-electron chi connectivity index (χ1n) is 7.43. The number of benzene rings is 1. The standard InChI is InChI=1S/C16H14N2O5S/c19-15(12-6-24-7-17-12)18-4-10(11(5-18)16(20)21)9-1-2-13-14(3-9)23-8-22-13/h1-3,6-7,10-11H,4-5,8H2,(H,20,21)/t10-,11+/m0/s1. The number of carboxylic acids is 1. The average molecular weight is 346 g/mol. The third-order valence-corrected chi connectivity index (χ3v) is 4.99. The van der Waals surface area contributed by atoms with Crippen LogP contribution in [0.3, 0.4) is 0 Å². The molecule has 2 aliphatic heterocycles. The van der Waals surface area contributed by atoms with E-state index < -0.39 is 11.9 Å². The number of hydrogen-bond donors (Lipinski definition) is 1. The fourth-order valence-corrected chi connectivity index (χ4v) is 3.71. The topological polar surface area (TPSA) is 89.0 Å². The third-order valence-electron chi connectivity index (χ3n) is 4.40. The van der Waals surface area contributed by atoms with E-state index in [1.807, 2.05) is 6.07 Å². The van der Waals surface area contributed by atoms with Crippen molar-refractivity contribution in [2.75, 3.05) is 19.9 Å². The van der Waals surface area contributed by atoms with Gasteiger partial charge in [-0.05, 0) is 17.7 Å². The molecule has 7 nitrogen and oxygen atoms in total. The summed E-state index contributed by atoms with van der Waals surface area (Å²) >= 11 is 1.34. The number of thiazole rings is 1. The summed E-state index contributed by atoms with van der Waals surface area (Å²) in [5, 5.41) is 11.2. The molecule has 0 aliphatic carbocycles. The Morgan fingerprint density at radius 2 is 2.08 bits per heavy atom. The predicted molar refractivity (Wildman–Crippen MR) is 84.4 cm³/mol. The van der Waals surface area contributed by atoms with Crippen LogP contribution in [0.15, 0.2) is 29.1 Å². The van der Waals surface area contributed by atoms with Crippen LogP contribution in [0.4, 0.5) is 0 Å². The maximum atomic E-state index is 12.5. The first-order valence-corrected chi connectivity index (χ1v) is 8.37. The van der Waals surface area contributed by atoms with Gasteiger partial charge >= 0.3 is 5.97 Å². The Labute approximate surface area is 141 Å². The number of amides is 1. The number of aromatic nitrogens is 1. The smallest absolute Gasteiger partial charge is 0.308 e. The Balaban J connectivity index is 1.62. The van der Waals surface area contributed by atoms with E-state index >= 15 is 0 Å². The first kappa shape index (κ1) is 14.9. The monoisotopic (exact) mass is 346 g/mol. The number of likely N-dealkylation sites (tertiary alicyclic amines) is 1. The van der Waals surface area contributed by atoms with Gasteiger partial charge in [0, 0.05) is 24.4 Å². The minimum Gasteiger partial charge on any atom is -0.481 e. The van der Waals surface area contributed by atoms with Crippen LogP contribution in [0.5, 0.6) is 11.5 Å². The van der Waals surface area contributed by atoms with Crippen molar-refractivity contribution >= 4 is 23.2 Å². The Morgan fingerprint density at radius 1 is 1.25 bits per heavy atom. The minimum atomic E-state index is -0.911.